The number of non-ortho nitro benzene ring substituents is 1. The zero-order valence-electron chi connectivity index (χ0n) is 23.4. The predicted octanol–water partition coefficient (Wildman–Crippen LogP) is 5.21. The molecule has 4 aromatic rings. The molecule has 0 spiro atoms. The second kappa shape index (κ2) is 12.4. The number of ether oxygens (including phenoxy) is 2. The van der Waals surface area contributed by atoms with Gasteiger partial charge in [-0.25, -0.2) is 4.90 Å². The van der Waals surface area contributed by atoms with Crippen LogP contribution in [0.4, 0.5) is 17.1 Å². The Morgan fingerprint density at radius 3 is 2.44 bits per heavy atom. The van der Waals surface area contributed by atoms with Gasteiger partial charge < -0.3 is 19.8 Å². The summed E-state index contributed by atoms with van der Waals surface area (Å²) >= 11 is 7.99. The number of imide groups is 1. The van der Waals surface area contributed by atoms with Crippen molar-refractivity contribution in [1.29, 1.82) is 0 Å². The van der Waals surface area contributed by atoms with Gasteiger partial charge >= 0.3 is 4.87 Å². The first kappa shape index (κ1) is 30.4. The van der Waals surface area contributed by atoms with Gasteiger partial charge in [-0.2, -0.15) is 0 Å². The molecule has 230 valence electrons. The second-order valence-corrected chi connectivity index (χ2v) is 12.6. The smallest absolute Gasteiger partial charge is 0.305 e. The predicted molar refractivity (Wildman–Crippen MR) is 169 cm³/mol. The number of H-pyrrole nitrogens is 1. The number of hydrogen-bond donors (Lipinski definition) is 2. The van der Waals surface area contributed by atoms with E-state index >= 15 is 0 Å². The minimum absolute atomic E-state index is 0.171. The number of fused-ring (bicyclic) bond motifs is 2. The number of thioether (sulfide) groups is 1. The Morgan fingerprint density at radius 1 is 1.02 bits per heavy atom. The van der Waals surface area contributed by atoms with Crippen molar-refractivity contribution in [2.45, 2.75) is 23.1 Å². The van der Waals surface area contributed by atoms with E-state index in [1.165, 1.54) is 24.3 Å². The lowest BCUT2D eigenvalue weighted by Gasteiger charge is -2.30. The Balaban J connectivity index is 1.30. The molecule has 2 aliphatic rings. The molecule has 2 N–H and O–H groups in total. The minimum atomic E-state index is -0.872. The number of rotatable bonds is 9. The Hall–Kier alpha value is -4.66. The standard InChI is InChI=1S/C30H23ClN4O8S2/c1-2-42-21-13-15(3-12-20(21)43-14-22(36)32-17-6-4-16(31)5-7-17)23-24-26(44-27-25(23)45-30(39)33-27)29(38)34(28(24)37)18-8-10-19(11-9-18)35(40)41/h3-13,23-24,26H,2,14H2,1H3,(H,32,36)(H,33,39)/t23-,24?,26?/m1/s1. The molecule has 1 fully saturated rings. The second-order valence-electron chi connectivity index (χ2n) is 10.0. The van der Waals surface area contributed by atoms with Crippen molar-refractivity contribution in [3.05, 3.63) is 102 Å². The Morgan fingerprint density at radius 2 is 1.76 bits per heavy atom. The number of nitrogens with zero attached hydrogens (tertiary/aromatic N) is 2. The lowest BCUT2D eigenvalue weighted by atomic mass is 9.83. The summed E-state index contributed by atoms with van der Waals surface area (Å²) in [5.74, 6) is -2.32. The van der Waals surface area contributed by atoms with E-state index in [-0.39, 0.29) is 35.2 Å². The number of carbonyl (C=O) groups is 3. The van der Waals surface area contributed by atoms with Crippen LogP contribution in [0.15, 0.2) is 76.6 Å². The van der Waals surface area contributed by atoms with Crippen molar-refractivity contribution in [2.75, 3.05) is 23.4 Å². The van der Waals surface area contributed by atoms with Gasteiger partial charge in [0.25, 0.3) is 11.6 Å². The molecule has 2 aliphatic heterocycles. The zero-order chi connectivity index (χ0) is 31.8. The van der Waals surface area contributed by atoms with Crippen molar-refractivity contribution < 1.29 is 28.8 Å². The fourth-order valence-electron chi connectivity index (χ4n) is 5.33. The monoisotopic (exact) mass is 666 g/mol. The lowest BCUT2D eigenvalue weighted by Crippen LogP contribution is -2.32. The van der Waals surface area contributed by atoms with Crippen LogP contribution in [0.1, 0.15) is 23.3 Å². The highest BCUT2D eigenvalue weighted by Crippen LogP contribution is 2.53. The summed E-state index contributed by atoms with van der Waals surface area (Å²) in [6, 6.07) is 16.9. The number of aromatic nitrogens is 1. The van der Waals surface area contributed by atoms with Crippen molar-refractivity contribution >= 4 is 69.5 Å². The van der Waals surface area contributed by atoms with Gasteiger partial charge in [-0.15, -0.1) is 0 Å². The Bertz CT molecular complexity index is 1880. The van der Waals surface area contributed by atoms with E-state index in [1.54, 1.807) is 49.4 Å². The topological polar surface area (TPSA) is 161 Å². The summed E-state index contributed by atoms with van der Waals surface area (Å²) in [6.07, 6.45) is 0. The number of hydrogen-bond acceptors (Lipinski definition) is 10. The fourth-order valence-corrected chi connectivity index (χ4v) is 7.97. The number of benzene rings is 3. The quantitative estimate of drug-likeness (QED) is 0.139. The number of carbonyl (C=O) groups excluding carboxylic acids is 3. The van der Waals surface area contributed by atoms with Crippen molar-refractivity contribution in [2.24, 2.45) is 5.92 Å². The average Bonchev–Trinajstić information content (AvgIpc) is 3.51. The number of thiazole rings is 1. The van der Waals surface area contributed by atoms with Crippen LogP contribution in [0.25, 0.3) is 0 Å². The van der Waals surface area contributed by atoms with Gasteiger partial charge in [0.1, 0.15) is 5.25 Å². The van der Waals surface area contributed by atoms with Crippen molar-refractivity contribution in [3.63, 3.8) is 0 Å². The van der Waals surface area contributed by atoms with E-state index in [0.717, 1.165) is 28.0 Å². The summed E-state index contributed by atoms with van der Waals surface area (Å²) in [5.41, 5.74) is 1.21. The number of aromatic amines is 1. The van der Waals surface area contributed by atoms with E-state index in [4.69, 9.17) is 21.1 Å². The summed E-state index contributed by atoms with van der Waals surface area (Å²) < 4.78 is 11.6. The van der Waals surface area contributed by atoms with Gasteiger partial charge in [0.2, 0.25) is 11.8 Å². The maximum Gasteiger partial charge on any atom is 0.305 e. The molecule has 0 radical (unpaired) electrons. The van der Waals surface area contributed by atoms with Crippen molar-refractivity contribution in [3.8, 4) is 11.5 Å². The number of amides is 3. The SMILES string of the molecule is CCOc1cc([C@H]2c3sc(=O)[nH]c3SC3C(=O)N(c4ccc([N+](=O)[O-])cc4)C(=O)C32)ccc1OCC(=O)Nc1ccc(Cl)cc1. The first-order valence-corrected chi connectivity index (χ1v) is 15.7. The molecule has 3 atom stereocenters. The molecule has 6 rings (SSSR count). The molecule has 3 amide bonds. The molecular weight excluding hydrogens is 644 g/mol. The number of anilines is 2. The summed E-state index contributed by atoms with van der Waals surface area (Å²) in [4.78, 5) is 67.3. The van der Waals surface area contributed by atoms with Gasteiger partial charge in [0, 0.05) is 33.6 Å². The maximum absolute atomic E-state index is 14.0. The molecule has 45 heavy (non-hydrogen) atoms. The molecule has 0 bridgehead atoms. The van der Waals surface area contributed by atoms with Crippen LogP contribution < -0.4 is 24.6 Å². The highest BCUT2D eigenvalue weighted by molar-refractivity contribution is 8.00. The van der Waals surface area contributed by atoms with E-state index in [9.17, 15) is 29.3 Å². The van der Waals surface area contributed by atoms with Gasteiger partial charge in [-0.3, -0.25) is 29.3 Å². The third-order valence-electron chi connectivity index (χ3n) is 7.26. The molecular formula is C30H23ClN4O8S2. The number of halogens is 1. The van der Waals surface area contributed by atoms with Crippen LogP contribution in [0, 0.1) is 16.0 Å². The van der Waals surface area contributed by atoms with E-state index < -0.39 is 39.7 Å². The van der Waals surface area contributed by atoms with Crippen LogP contribution >= 0.6 is 34.7 Å². The Labute approximate surface area is 268 Å². The van der Waals surface area contributed by atoms with Crippen molar-refractivity contribution in [1.82, 2.24) is 4.98 Å². The molecule has 3 aromatic carbocycles. The number of nitro benzene ring substituents is 1. The van der Waals surface area contributed by atoms with Gasteiger partial charge in [0.05, 0.1) is 28.2 Å². The van der Waals surface area contributed by atoms with Crippen LogP contribution in [0.2, 0.25) is 5.02 Å². The molecule has 0 aliphatic carbocycles. The third kappa shape index (κ3) is 5.91. The number of nitro groups is 1. The van der Waals surface area contributed by atoms with Crippen LogP contribution in [0.3, 0.4) is 0 Å². The normalized spacial score (nSPS) is 18.7. The van der Waals surface area contributed by atoms with Crippen LogP contribution in [0.5, 0.6) is 11.5 Å². The highest BCUT2D eigenvalue weighted by atomic mass is 35.5. The van der Waals surface area contributed by atoms with Crippen LogP contribution in [-0.4, -0.2) is 46.1 Å². The van der Waals surface area contributed by atoms with Gasteiger partial charge in [-0.05, 0) is 61.0 Å². The minimum Gasteiger partial charge on any atom is -0.490 e. The molecule has 0 saturated carbocycles. The zero-order valence-corrected chi connectivity index (χ0v) is 25.7. The van der Waals surface area contributed by atoms with Gasteiger partial charge in [-0.1, -0.05) is 40.8 Å². The first-order chi connectivity index (χ1) is 21.6. The number of nitrogens with one attached hydrogen (secondary N) is 2. The molecule has 12 nitrogen and oxygen atoms in total. The van der Waals surface area contributed by atoms with E-state index in [0.29, 0.717) is 31.9 Å². The maximum atomic E-state index is 14.0. The summed E-state index contributed by atoms with van der Waals surface area (Å²) in [6.45, 7) is 1.75. The summed E-state index contributed by atoms with van der Waals surface area (Å²) in [7, 11) is 0. The largest absolute Gasteiger partial charge is 0.490 e. The van der Waals surface area contributed by atoms with Gasteiger partial charge in [0.15, 0.2) is 18.1 Å². The first-order valence-electron chi connectivity index (χ1n) is 13.6. The molecule has 15 heteroatoms. The van der Waals surface area contributed by atoms with E-state index in [1.807, 2.05) is 0 Å². The molecule has 1 aromatic heterocycles. The fraction of sp³-hybridized carbons (Fsp3) is 0.200. The Kier molecular flexibility index (Phi) is 8.36. The molecule has 1 saturated heterocycles. The van der Waals surface area contributed by atoms with Crippen LogP contribution in [-0.2, 0) is 14.4 Å². The molecule has 2 unspecified atom stereocenters. The highest BCUT2D eigenvalue weighted by Gasteiger charge is 2.56. The third-order valence-corrected chi connectivity index (χ3v) is 9.91. The van der Waals surface area contributed by atoms with E-state index in [2.05, 4.69) is 10.3 Å². The summed E-state index contributed by atoms with van der Waals surface area (Å²) in [5, 5.41) is 14.0. The average molecular weight is 667 g/mol. The molecule has 3 heterocycles. The lowest BCUT2D eigenvalue weighted by molar-refractivity contribution is -0.384.